The number of carbonyl (C=O) groups is 1. The Kier molecular flexibility index (Phi) is 2.68. The number of nitrogens with zero attached hydrogens (tertiary/aromatic N) is 4. The quantitative estimate of drug-likeness (QED) is 0.764. The fourth-order valence-electron chi connectivity index (χ4n) is 1.99. The van der Waals surface area contributed by atoms with Crippen molar-refractivity contribution in [1.29, 1.82) is 0 Å². The molecule has 0 aliphatic rings. The molecule has 0 aliphatic carbocycles. The van der Waals surface area contributed by atoms with Crippen molar-refractivity contribution in [1.82, 2.24) is 19.8 Å². The molecule has 6 nitrogen and oxygen atoms in total. The maximum Gasteiger partial charge on any atom is 0.309 e. The lowest BCUT2D eigenvalue weighted by molar-refractivity contribution is -0.136. The van der Waals surface area contributed by atoms with Crippen LogP contribution in [0.5, 0.6) is 0 Å². The maximum atomic E-state index is 10.7. The lowest BCUT2D eigenvalue weighted by atomic mass is 10.1. The van der Waals surface area contributed by atoms with Gasteiger partial charge in [0.1, 0.15) is 0 Å². The molecule has 0 spiro atoms. The van der Waals surface area contributed by atoms with Crippen LogP contribution in [0.3, 0.4) is 0 Å². The van der Waals surface area contributed by atoms with Gasteiger partial charge in [-0.2, -0.15) is 0 Å². The van der Waals surface area contributed by atoms with Crippen molar-refractivity contribution in [3.63, 3.8) is 0 Å². The Labute approximate surface area is 108 Å². The first-order chi connectivity index (χ1) is 9.24. The molecular weight excluding hydrogens is 244 g/mol. The summed E-state index contributed by atoms with van der Waals surface area (Å²) in [4.78, 5) is 14.8. The van der Waals surface area contributed by atoms with Crippen molar-refractivity contribution < 1.29 is 9.90 Å². The number of rotatable bonds is 3. The molecule has 6 heteroatoms. The van der Waals surface area contributed by atoms with Gasteiger partial charge in [0.25, 0.3) is 0 Å². The molecule has 0 amide bonds. The lowest BCUT2D eigenvalue weighted by Crippen LogP contribution is -2.02. The maximum absolute atomic E-state index is 10.7. The molecule has 0 saturated carbocycles. The summed E-state index contributed by atoms with van der Waals surface area (Å²) in [6, 6.07) is 7.43. The van der Waals surface area contributed by atoms with Crippen molar-refractivity contribution in [3.05, 3.63) is 48.5 Å². The van der Waals surface area contributed by atoms with Gasteiger partial charge in [-0.05, 0) is 23.8 Å². The fourth-order valence-corrected chi connectivity index (χ4v) is 1.99. The Hall–Kier alpha value is -2.76. The van der Waals surface area contributed by atoms with E-state index in [4.69, 9.17) is 5.11 Å². The molecule has 0 unspecified atom stereocenters. The van der Waals surface area contributed by atoms with Crippen LogP contribution in [0, 0.1) is 0 Å². The van der Waals surface area contributed by atoms with Crippen LogP contribution in [0.2, 0.25) is 0 Å². The summed E-state index contributed by atoms with van der Waals surface area (Å²) in [5.74, 6) is -0.895. The van der Waals surface area contributed by atoms with Crippen molar-refractivity contribution in [2.45, 2.75) is 6.42 Å². The molecule has 1 N–H and O–H groups in total. The van der Waals surface area contributed by atoms with Gasteiger partial charge in [0.2, 0.25) is 0 Å². The first-order valence-corrected chi connectivity index (χ1v) is 5.70. The SMILES string of the molecule is O=C(O)Cc1cc(-c2cccn3nncc23)ccn1. The average Bonchev–Trinajstić information content (AvgIpc) is 2.86. The number of aromatic nitrogens is 4. The third kappa shape index (κ3) is 2.15. The number of fused-ring (bicyclic) bond motifs is 1. The standard InChI is InChI=1S/C13H10N4O2/c18-13(19)7-10-6-9(3-4-14-10)11-2-1-5-17-12(11)8-15-16-17/h1-6,8H,7H2,(H,18,19). The van der Waals surface area contributed by atoms with Crippen LogP contribution in [0.4, 0.5) is 0 Å². The minimum Gasteiger partial charge on any atom is -0.481 e. The van der Waals surface area contributed by atoms with E-state index in [1.165, 1.54) is 0 Å². The van der Waals surface area contributed by atoms with Gasteiger partial charge < -0.3 is 5.11 Å². The van der Waals surface area contributed by atoms with Crippen LogP contribution < -0.4 is 0 Å². The van der Waals surface area contributed by atoms with Crippen LogP contribution in [0.25, 0.3) is 16.6 Å². The minimum atomic E-state index is -0.895. The Morgan fingerprint density at radius 3 is 3.11 bits per heavy atom. The molecule has 0 radical (unpaired) electrons. The first kappa shape index (κ1) is 11.3. The molecule has 0 fully saturated rings. The van der Waals surface area contributed by atoms with E-state index in [1.807, 2.05) is 24.4 Å². The lowest BCUT2D eigenvalue weighted by Gasteiger charge is -2.05. The molecule has 3 heterocycles. The fraction of sp³-hybridized carbons (Fsp3) is 0.0769. The summed E-state index contributed by atoms with van der Waals surface area (Å²) in [7, 11) is 0. The van der Waals surface area contributed by atoms with E-state index >= 15 is 0 Å². The number of carboxylic acid groups (broad SMARTS) is 1. The summed E-state index contributed by atoms with van der Waals surface area (Å²) < 4.78 is 1.67. The molecule has 94 valence electrons. The van der Waals surface area contributed by atoms with Gasteiger partial charge in [0.05, 0.1) is 23.8 Å². The number of pyridine rings is 2. The molecule has 0 bridgehead atoms. The number of aliphatic carboxylic acids is 1. The molecule has 3 aromatic heterocycles. The molecule has 3 rings (SSSR count). The van der Waals surface area contributed by atoms with Gasteiger partial charge in [-0.1, -0.05) is 11.3 Å². The van der Waals surface area contributed by atoms with E-state index in [9.17, 15) is 4.79 Å². The van der Waals surface area contributed by atoms with Gasteiger partial charge >= 0.3 is 5.97 Å². The largest absolute Gasteiger partial charge is 0.481 e. The van der Waals surface area contributed by atoms with Crippen LogP contribution >= 0.6 is 0 Å². The van der Waals surface area contributed by atoms with E-state index in [0.29, 0.717) is 5.69 Å². The molecule has 0 saturated heterocycles. The molecule has 19 heavy (non-hydrogen) atoms. The van der Waals surface area contributed by atoms with Gasteiger partial charge in [-0.3, -0.25) is 9.78 Å². The number of hydrogen-bond acceptors (Lipinski definition) is 4. The summed E-state index contributed by atoms with van der Waals surface area (Å²) >= 11 is 0. The van der Waals surface area contributed by atoms with Crippen LogP contribution in [-0.2, 0) is 11.2 Å². The summed E-state index contributed by atoms with van der Waals surface area (Å²) in [6.45, 7) is 0. The van der Waals surface area contributed by atoms with E-state index in [1.54, 1.807) is 23.0 Å². The van der Waals surface area contributed by atoms with Crippen LogP contribution in [-0.4, -0.2) is 30.9 Å². The summed E-state index contributed by atoms with van der Waals surface area (Å²) in [6.07, 6.45) is 5.01. The van der Waals surface area contributed by atoms with E-state index < -0.39 is 5.97 Å². The zero-order valence-corrected chi connectivity index (χ0v) is 9.89. The molecule has 0 aliphatic heterocycles. The molecular formula is C13H10N4O2. The van der Waals surface area contributed by atoms with Crippen molar-refractivity contribution in [2.24, 2.45) is 0 Å². The smallest absolute Gasteiger partial charge is 0.309 e. The highest BCUT2D eigenvalue weighted by Gasteiger charge is 2.08. The van der Waals surface area contributed by atoms with Gasteiger partial charge in [0.15, 0.2) is 0 Å². The Morgan fingerprint density at radius 1 is 1.37 bits per heavy atom. The first-order valence-electron chi connectivity index (χ1n) is 5.70. The third-order valence-corrected chi connectivity index (χ3v) is 2.80. The predicted octanol–water partition coefficient (Wildman–Crippen LogP) is 1.42. The molecule has 0 atom stereocenters. The van der Waals surface area contributed by atoms with Gasteiger partial charge in [-0.25, -0.2) is 4.52 Å². The highest BCUT2D eigenvalue weighted by atomic mass is 16.4. The second kappa shape index (κ2) is 4.49. The van der Waals surface area contributed by atoms with Crippen molar-refractivity contribution >= 4 is 11.5 Å². The Morgan fingerprint density at radius 2 is 2.26 bits per heavy atom. The second-order valence-corrected chi connectivity index (χ2v) is 4.09. The number of hydrogen-bond donors (Lipinski definition) is 1. The Balaban J connectivity index is 2.11. The topological polar surface area (TPSA) is 80.4 Å². The normalized spacial score (nSPS) is 10.7. The summed E-state index contributed by atoms with van der Waals surface area (Å²) in [5, 5.41) is 16.6. The molecule has 0 aromatic carbocycles. The van der Waals surface area contributed by atoms with E-state index in [-0.39, 0.29) is 6.42 Å². The Bertz CT molecular complexity index is 751. The van der Waals surface area contributed by atoms with Gasteiger partial charge in [-0.15, -0.1) is 5.10 Å². The second-order valence-electron chi connectivity index (χ2n) is 4.09. The van der Waals surface area contributed by atoms with E-state index in [0.717, 1.165) is 16.6 Å². The zero-order chi connectivity index (χ0) is 13.2. The van der Waals surface area contributed by atoms with Crippen molar-refractivity contribution in [2.75, 3.05) is 0 Å². The monoisotopic (exact) mass is 254 g/mol. The highest BCUT2D eigenvalue weighted by molar-refractivity contribution is 5.80. The predicted molar refractivity (Wildman–Crippen MR) is 67.6 cm³/mol. The van der Waals surface area contributed by atoms with Crippen LogP contribution in [0.1, 0.15) is 5.69 Å². The van der Waals surface area contributed by atoms with Crippen LogP contribution in [0.15, 0.2) is 42.9 Å². The molecule has 3 aromatic rings. The highest BCUT2D eigenvalue weighted by Crippen LogP contribution is 2.23. The average molecular weight is 254 g/mol. The van der Waals surface area contributed by atoms with E-state index in [2.05, 4.69) is 15.3 Å². The van der Waals surface area contributed by atoms with Crippen molar-refractivity contribution in [3.8, 4) is 11.1 Å². The van der Waals surface area contributed by atoms with Gasteiger partial charge in [0, 0.05) is 18.0 Å². The zero-order valence-electron chi connectivity index (χ0n) is 9.89. The number of carboxylic acids is 1. The summed E-state index contributed by atoms with van der Waals surface area (Å²) in [5.41, 5.74) is 3.25. The third-order valence-electron chi connectivity index (χ3n) is 2.80. The minimum absolute atomic E-state index is 0.0888.